The van der Waals surface area contributed by atoms with Gasteiger partial charge in [-0.2, -0.15) is 0 Å². The van der Waals surface area contributed by atoms with Crippen molar-refractivity contribution in [3.05, 3.63) is 116 Å². The fourth-order valence-electron chi connectivity index (χ4n) is 4.79. The summed E-state index contributed by atoms with van der Waals surface area (Å²) >= 11 is 0. The van der Waals surface area contributed by atoms with E-state index >= 15 is 0 Å². The van der Waals surface area contributed by atoms with Crippen molar-refractivity contribution in [3.63, 3.8) is 0 Å². The Hall–Kier alpha value is -4.70. The van der Waals surface area contributed by atoms with E-state index in [1.807, 2.05) is 60.9 Å². The minimum atomic E-state index is 0.851. The van der Waals surface area contributed by atoms with Crippen LogP contribution >= 0.6 is 0 Å². The van der Waals surface area contributed by atoms with Crippen molar-refractivity contribution < 1.29 is 4.74 Å². The van der Waals surface area contributed by atoms with Gasteiger partial charge in [0.25, 0.3) is 0 Å². The van der Waals surface area contributed by atoms with Gasteiger partial charge in [0.2, 0.25) is 0 Å². The molecule has 0 aliphatic carbocycles. The summed E-state index contributed by atoms with van der Waals surface area (Å²) in [6.45, 7) is 0. The lowest BCUT2D eigenvalue weighted by atomic mass is 9.97. The number of fused-ring (bicyclic) bond motifs is 5. The minimum absolute atomic E-state index is 0.851. The maximum absolute atomic E-state index is 6.16. The highest BCUT2D eigenvalue weighted by Crippen LogP contribution is 2.50. The van der Waals surface area contributed by atoms with Crippen molar-refractivity contribution in [2.24, 2.45) is 0 Å². The third-order valence-corrected chi connectivity index (χ3v) is 6.33. The molecule has 0 fully saturated rings. The van der Waals surface area contributed by atoms with E-state index in [1.165, 1.54) is 0 Å². The molecule has 4 nitrogen and oxygen atoms in total. The van der Waals surface area contributed by atoms with Gasteiger partial charge in [0.05, 0.1) is 22.4 Å². The summed E-state index contributed by atoms with van der Waals surface area (Å²) in [7, 11) is 0. The number of aromatic nitrogens is 2. The quantitative estimate of drug-likeness (QED) is 0.257. The molecule has 0 spiro atoms. The monoisotopic (exact) mass is 437 g/mol. The summed E-state index contributed by atoms with van der Waals surface area (Å²) in [4.78, 5) is 11.5. The highest BCUT2D eigenvalue weighted by atomic mass is 16.5. The van der Waals surface area contributed by atoms with Crippen LogP contribution in [0.2, 0.25) is 0 Å². The fourth-order valence-corrected chi connectivity index (χ4v) is 4.79. The van der Waals surface area contributed by atoms with Crippen molar-refractivity contribution in [2.45, 2.75) is 0 Å². The lowest BCUT2D eigenvalue weighted by molar-refractivity contribution is 0.477. The summed E-state index contributed by atoms with van der Waals surface area (Å²) in [6, 6.07) is 35.4. The first-order valence-corrected chi connectivity index (χ1v) is 11.3. The molecule has 0 N–H and O–H groups in total. The van der Waals surface area contributed by atoms with Crippen LogP contribution < -0.4 is 9.64 Å². The number of anilines is 3. The summed E-state index contributed by atoms with van der Waals surface area (Å²) < 4.78 is 6.16. The van der Waals surface area contributed by atoms with E-state index < -0.39 is 0 Å². The second kappa shape index (κ2) is 7.42. The molecule has 4 aromatic carbocycles. The zero-order chi connectivity index (χ0) is 22.5. The molecule has 0 amide bonds. The Morgan fingerprint density at radius 2 is 1.24 bits per heavy atom. The van der Waals surface area contributed by atoms with Crippen molar-refractivity contribution in [2.75, 3.05) is 4.90 Å². The van der Waals surface area contributed by atoms with Gasteiger partial charge in [-0.15, -0.1) is 0 Å². The predicted octanol–water partition coefficient (Wildman–Crippen LogP) is 8.03. The Morgan fingerprint density at radius 3 is 1.97 bits per heavy atom. The van der Waals surface area contributed by atoms with Gasteiger partial charge in [-0.05, 0) is 65.7 Å². The van der Waals surface area contributed by atoms with E-state index in [-0.39, 0.29) is 0 Å². The first-order chi connectivity index (χ1) is 16.9. The average molecular weight is 438 g/mol. The van der Waals surface area contributed by atoms with E-state index in [9.17, 15) is 0 Å². The van der Waals surface area contributed by atoms with Gasteiger partial charge in [-0.1, -0.05) is 48.5 Å². The van der Waals surface area contributed by atoms with Crippen LogP contribution in [-0.4, -0.2) is 9.97 Å². The van der Waals surface area contributed by atoms with E-state index in [4.69, 9.17) is 4.74 Å². The molecule has 0 bridgehead atoms. The minimum Gasteiger partial charge on any atom is -0.453 e. The highest BCUT2D eigenvalue weighted by Gasteiger charge is 2.25. The molecule has 0 atom stereocenters. The van der Waals surface area contributed by atoms with Crippen molar-refractivity contribution >= 4 is 38.9 Å². The van der Waals surface area contributed by atoms with Crippen LogP contribution in [0.3, 0.4) is 0 Å². The van der Waals surface area contributed by atoms with Crippen LogP contribution in [0.1, 0.15) is 0 Å². The first kappa shape index (κ1) is 18.8. The maximum Gasteiger partial charge on any atom is 0.151 e. The topological polar surface area (TPSA) is 38.2 Å². The molecule has 0 saturated carbocycles. The molecule has 6 aromatic rings. The molecule has 0 radical (unpaired) electrons. The number of benzene rings is 4. The van der Waals surface area contributed by atoms with Crippen molar-refractivity contribution in [3.8, 4) is 22.6 Å². The van der Waals surface area contributed by atoms with E-state index in [1.54, 1.807) is 0 Å². The SMILES string of the molecule is c1ccc2c(c1)Oc1ccccc1N2c1ccc(-c2cc3cccnc3c3ncccc23)cc1. The van der Waals surface area contributed by atoms with Crippen LogP contribution in [0, 0.1) is 0 Å². The van der Waals surface area contributed by atoms with Gasteiger partial charge >= 0.3 is 0 Å². The zero-order valence-corrected chi connectivity index (χ0v) is 18.2. The molecule has 4 heteroatoms. The summed E-state index contributed by atoms with van der Waals surface area (Å²) in [6.07, 6.45) is 3.65. The lowest BCUT2D eigenvalue weighted by Gasteiger charge is -2.32. The van der Waals surface area contributed by atoms with Crippen LogP contribution in [0.25, 0.3) is 32.9 Å². The van der Waals surface area contributed by atoms with Gasteiger partial charge in [0.1, 0.15) is 0 Å². The molecule has 0 unspecified atom stereocenters. The Kier molecular flexibility index (Phi) is 4.11. The zero-order valence-electron chi connectivity index (χ0n) is 18.2. The Labute approximate surface area is 196 Å². The standard InChI is InChI=1S/C30H19N3O/c1-3-11-27-25(9-1)33(26-10-2-4-12-28(26)34-27)22-15-13-20(14-16-22)24-19-21-7-5-17-31-29(21)30-23(24)8-6-18-32-30/h1-19H. The number of nitrogens with zero attached hydrogens (tertiary/aromatic N) is 3. The van der Waals surface area contributed by atoms with E-state index in [0.717, 1.165) is 61.5 Å². The van der Waals surface area contributed by atoms with Gasteiger partial charge in [0.15, 0.2) is 11.5 Å². The molecular weight excluding hydrogens is 418 g/mol. The summed E-state index contributed by atoms with van der Waals surface area (Å²) in [5.74, 6) is 1.70. The fraction of sp³-hybridized carbons (Fsp3) is 0. The normalized spacial score (nSPS) is 12.3. The molecule has 34 heavy (non-hydrogen) atoms. The van der Waals surface area contributed by atoms with Gasteiger partial charge in [-0.25, -0.2) is 0 Å². The lowest BCUT2D eigenvalue weighted by Crippen LogP contribution is -2.15. The third-order valence-electron chi connectivity index (χ3n) is 6.33. The van der Waals surface area contributed by atoms with Crippen LogP contribution in [-0.2, 0) is 0 Å². The molecule has 1 aliphatic rings. The van der Waals surface area contributed by atoms with Crippen LogP contribution in [0.5, 0.6) is 11.5 Å². The van der Waals surface area contributed by atoms with Gasteiger partial charge in [0, 0.05) is 28.9 Å². The van der Waals surface area contributed by atoms with Crippen LogP contribution in [0.15, 0.2) is 116 Å². The number of para-hydroxylation sites is 4. The van der Waals surface area contributed by atoms with Crippen molar-refractivity contribution in [1.29, 1.82) is 0 Å². The first-order valence-electron chi connectivity index (χ1n) is 11.3. The van der Waals surface area contributed by atoms with E-state index in [2.05, 4.69) is 69.5 Å². The van der Waals surface area contributed by atoms with E-state index in [0.29, 0.717) is 0 Å². The number of hydrogen-bond donors (Lipinski definition) is 0. The number of pyridine rings is 2. The molecular formula is C30H19N3O. The Morgan fingerprint density at radius 1 is 0.588 bits per heavy atom. The second-order valence-corrected chi connectivity index (χ2v) is 8.32. The van der Waals surface area contributed by atoms with Crippen LogP contribution in [0.4, 0.5) is 17.1 Å². The summed E-state index contributed by atoms with van der Waals surface area (Å²) in [5, 5.41) is 2.19. The largest absolute Gasteiger partial charge is 0.453 e. The highest BCUT2D eigenvalue weighted by molar-refractivity contribution is 6.10. The van der Waals surface area contributed by atoms with Gasteiger partial charge in [-0.3, -0.25) is 9.97 Å². The smallest absolute Gasteiger partial charge is 0.151 e. The van der Waals surface area contributed by atoms with Crippen molar-refractivity contribution in [1.82, 2.24) is 9.97 Å². The number of rotatable bonds is 2. The Balaban J connectivity index is 1.39. The molecule has 0 saturated heterocycles. The molecule has 7 rings (SSSR count). The maximum atomic E-state index is 6.16. The predicted molar refractivity (Wildman–Crippen MR) is 137 cm³/mol. The number of ether oxygens (including phenoxy) is 1. The summed E-state index contributed by atoms with van der Waals surface area (Å²) in [5.41, 5.74) is 7.29. The Bertz CT molecular complexity index is 1650. The number of hydrogen-bond acceptors (Lipinski definition) is 4. The average Bonchev–Trinajstić information content (AvgIpc) is 2.91. The second-order valence-electron chi connectivity index (χ2n) is 8.32. The molecule has 2 aromatic heterocycles. The molecule has 3 heterocycles. The third kappa shape index (κ3) is 2.86. The molecule has 1 aliphatic heterocycles. The van der Waals surface area contributed by atoms with Gasteiger partial charge < -0.3 is 9.64 Å². The molecule has 160 valence electrons.